The topological polar surface area (TPSA) is 90.9 Å². The number of Topliss-reactive ketones (excluding diaryl/α,β-unsaturated/α-hetero) is 1. The highest BCUT2D eigenvalue weighted by Gasteiger charge is 2.23. The lowest BCUT2D eigenvalue weighted by Crippen LogP contribution is -2.30. The van der Waals surface area contributed by atoms with Crippen molar-refractivity contribution in [3.63, 3.8) is 0 Å². The van der Waals surface area contributed by atoms with E-state index in [0.29, 0.717) is 17.0 Å². The van der Waals surface area contributed by atoms with Crippen LogP contribution in [-0.4, -0.2) is 38.0 Å². The molecule has 1 amide bonds. The summed E-state index contributed by atoms with van der Waals surface area (Å²) in [5, 5.41) is 2.62. The number of carbonyl (C=O) groups is 3. The van der Waals surface area contributed by atoms with Crippen molar-refractivity contribution in [1.29, 1.82) is 0 Å². The third-order valence-electron chi connectivity index (χ3n) is 3.81. The molecule has 1 atom stereocenters. The van der Waals surface area contributed by atoms with Gasteiger partial charge in [0.1, 0.15) is 5.56 Å². The maximum atomic E-state index is 12.4. The van der Waals surface area contributed by atoms with E-state index >= 15 is 0 Å². The van der Waals surface area contributed by atoms with Crippen LogP contribution in [0.3, 0.4) is 0 Å². The van der Waals surface area contributed by atoms with E-state index in [0.717, 1.165) is 0 Å². The van der Waals surface area contributed by atoms with E-state index in [1.807, 2.05) is 0 Å². The van der Waals surface area contributed by atoms with Gasteiger partial charge in [0.05, 0.1) is 14.2 Å². The molecule has 0 aromatic heterocycles. The predicted octanol–water partition coefficient (Wildman–Crippen LogP) is 3.09. The van der Waals surface area contributed by atoms with E-state index in [1.54, 1.807) is 36.4 Å². The smallest absolute Gasteiger partial charge is 0.342 e. The summed E-state index contributed by atoms with van der Waals surface area (Å²) >= 11 is 0. The highest BCUT2D eigenvalue weighted by atomic mass is 16.6. The number of ketones is 1. The molecule has 0 radical (unpaired) electrons. The van der Waals surface area contributed by atoms with Crippen molar-refractivity contribution < 1.29 is 28.6 Å². The number of amides is 1. The van der Waals surface area contributed by atoms with E-state index in [-0.39, 0.29) is 17.1 Å². The number of para-hydroxylation sites is 1. The van der Waals surface area contributed by atoms with E-state index in [2.05, 4.69) is 5.32 Å². The Balaban J connectivity index is 2.09. The number of esters is 1. The van der Waals surface area contributed by atoms with Gasteiger partial charge in [-0.2, -0.15) is 0 Å². The van der Waals surface area contributed by atoms with Crippen LogP contribution < -0.4 is 14.8 Å². The van der Waals surface area contributed by atoms with E-state index < -0.39 is 18.0 Å². The Morgan fingerprint density at radius 3 is 2.33 bits per heavy atom. The predicted molar refractivity (Wildman–Crippen MR) is 99.5 cm³/mol. The molecule has 0 unspecified atom stereocenters. The molecule has 0 saturated carbocycles. The molecule has 0 heterocycles. The SMILES string of the molecule is COc1cccc(C(=O)O[C@H](C)C(=O)Nc2cccc(C(C)=O)c2)c1OC. The van der Waals surface area contributed by atoms with Crippen molar-refractivity contribution in [2.24, 2.45) is 0 Å². The number of ether oxygens (including phenoxy) is 3. The average Bonchev–Trinajstić information content (AvgIpc) is 2.67. The van der Waals surface area contributed by atoms with Gasteiger partial charge in [0.2, 0.25) is 0 Å². The lowest BCUT2D eigenvalue weighted by atomic mass is 10.1. The zero-order valence-electron chi connectivity index (χ0n) is 15.6. The summed E-state index contributed by atoms with van der Waals surface area (Å²) in [6.07, 6.45) is -1.06. The molecule has 27 heavy (non-hydrogen) atoms. The van der Waals surface area contributed by atoms with Crippen molar-refractivity contribution in [2.45, 2.75) is 20.0 Å². The summed E-state index contributed by atoms with van der Waals surface area (Å²) in [5.41, 5.74) is 1.06. The summed E-state index contributed by atoms with van der Waals surface area (Å²) in [6, 6.07) is 11.3. The summed E-state index contributed by atoms with van der Waals surface area (Å²) < 4.78 is 15.6. The molecule has 2 aromatic rings. The molecule has 7 heteroatoms. The summed E-state index contributed by atoms with van der Waals surface area (Å²) in [7, 11) is 2.87. The largest absolute Gasteiger partial charge is 0.493 e. The van der Waals surface area contributed by atoms with Gasteiger partial charge in [-0.15, -0.1) is 0 Å². The molecule has 0 spiro atoms. The first-order valence-electron chi connectivity index (χ1n) is 8.21. The van der Waals surface area contributed by atoms with Gasteiger partial charge in [-0.25, -0.2) is 4.79 Å². The Bertz CT molecular complexity index is 861. The monoisotopic (exact) mass is 371 g/mol. The van der Waals surface area contributed by atoms with Gasteiger partial charge in [0, 0.05) is 11.3 Å². The maximum Gasteiger partial charge on any atom is 0.342 e. The molecule has 2 rings (SSSR count). The van der Waals surface area contributed by atoms with Crippen LogP contribution in [0.1, 0.15) is 34.6 Å². The molecule has 0 bridgehead atoms. The zero-order valence-corrected chi connectivity index (χ0v) is 15.6. The average molecular weight is 371 g/mol. The van der Waals surface area contributed by atoms with Crippen LogP contribution in [0.4, 0.5) is 5.69 Å². The van der Waals surface area contributed by atoms with Crippen molar-refractivity contribution >= 4 is 23.3 Å². The van der Waals surface area contributed by atoms with Crippen molar-refractivity contribution in [1.82, 2.24) is 0 Å². The lowest BCUT2D eigenvalue weighted by Gasteiger charge is -2.16. The Morgan fingerprint density at radius 2 is 1.70 bits per heavy atom. The number of methoxy groups -OCH3 is 2. The summed E-state index contributed by atoms with van der Waals surface area (Å²) in [5.74, 6) is -0.746. The van der Waals surface area contributed by atoms with Crippen molar-refractivity contribution in [2.75, 3.05) is 19.5 Å². The molecular weight excluding hydrogens is 350 g/mol. The highest BCUT2D eigenvalue weighted by Crippen LogP contribution is 2.31. The van der Waals surface area contributed by atoms with Gasteiger partial charge in [-0.3, -0.25) is 9.59 Å². The van der Waals surface area contributed by atoms with Crippen LogP contribution in [0, 0.1) is 0 Å². The Hall–Kier alpha value is -3.35. The summed E-state index contributed by atoms with van der Waals surface area (Å²) in [6.45, 7) is 2.89. The second-order valence-electron chi connectivity index (χ2n) is 5.71. The normalized spacial score (nSPS) is 11.3. The third-order valence-corrected chi connectivity index (χ3v) is 3.81. The molecule has 0 aliphatic heterocycles. The number of carbonyl (C=O) groups excluding carboxylic acids is 3. The zero-order chi connectivity index (χ0) is 20.0. The fourth-order valence-corrected chi connectivity index (χ4v) is 2.39. The molecular formula is C20H21NO6. The van der Waals surface area contributed by atoms with E-state index in [1.165, 1.54) is 34.1 Å². The van der Waals surface area contributed by atoms with Gasteiger partial charge in [0.15, 0.2) is 23.4 Å². The van der Waals surface area contributed by atoms with Crippen LogP contribution in [0.15, 0.2) is 42.5 Å². The first-order valence-corrected chi connectivity index (χ1v) is 8.21. The lowest BCUT2D eigenvalue weighted by molar-refractivity contribution is -0.123. The first-order chi connectivity index (χ1) is 12.9. The van der Waals surface area contributed by atoms with Gasteiger partial charge in [-0.1, -0.05) is 18.2 Å². The standard InChI is InChI=1S/C20H21NO6/c1-12(22)14-7-5-8-15(11-14)21-19(23)13(2)27-20(24)16-9-6-10-17(25-3)18(16)26-4/h5-11,13H,1-4H3,(H,21,23)/t13-/m1/s1. The van der Waals surface area contributed by atoms with Crippen LogP contribution in [0.2, 0.25) is 0 Å². The van der Waals surface area contributed by atoms with Gasteiger partial charge >= 0.3 is 5.97 Å². The minimum Gasteiger partial charge on any atom is -0.493 e. The second kappa shape index (κ2) is 8.84. The molecule has 142 valence electrons. The number of anilines is 1. The molecule has 2 aromatic carbocycles. The molecule has 0 saturated heterocycles. The van der Waals surface area contributed by atoms with Crippen LogP contribution in [-0.2, 0) is 9.53 Å². The minimum absolute atomic E-state index is 0.115. The third kappa shape index (κ3) is 4.84. The van der Waals surface area contributed by atoms with Crippen LogP contribution >= 0.6 is 0 Å². The minimum atomic E-state index is -1.06. The van der Waals surface area contributed by atoms with E-state index in [4.69, 9.17) is 14.2 Å². The maximum absolute atomic E-state index is 12.4. The van der Waals surface area contributed by atoms with Crippen molar-refractivity contribution in [3.8, 4) is 11.5 Å². The first kappa shape index (κ1) is 20.0. The molecule has 0 aliphatic rings. The molecule has 0 aliphatic carbocycles. The fourth-order valence-electron chi connectivity index (χ4n) is 2.39. The molecule has 0 fully saturated rings. The Kier molecular flexibility index (Phi) is 6.54. The van der Waals surface area contributed by atoms with Gasteiger partial charge in [0.25, 0.3) is 5.91 Å². The van der Waals surface area contributed by atoms with Crippen LogP contribution in [0.25, 0.3) is 0 Å². The molecule has 1 N–H and O–H groups in total. The quantitative estimate of drug-likeness (QED) is 0.594. The van der Waals surface area contributed by atoms with Gasteiger partial charge in [-0.05, 0) is 38.1 Å². The van der Waals surface area contributed by atoms with Crippen molar-refractivity contribution in [3.05, 3.63) is 53.6 Å². The number of hydrogen-bond donors (Lipinski definition) is 1. The highest BCUT2D eigenvalue weighted by molar-refractivity contribution is 6.00. The number of hydrogen-bond acceptors (Lipinski definition) is 6. The number of nitrogens with one attached hydrogen (secondary N) is 1. The molecule has 7 nitrogen and oxygen atoms in total. The van der Waals surface area contributed by atoms with E-state index in [9.17, 15) is 14.4 Å². The Labute approximate surface area is 157 Å². The number of rotatable bonds is 7. The van der Waals surface area contributed by atoms with Crippen LogP contribution in [0.5, 0.6) is 11.5 Å². The van der Waals surface area contributed by atoms with Gasteiger partial charge < -0.3 is 19.5 Å². The Morgan fingerprint density at radius 1 is 1.00 bits per heavy atom. The summed E-state index contributed by atoms with van der Waals surface area (Å²) in [4.78, 5) is 36.2. The fraction of sp³-hybridized carbons (Fsp3) is 0.250. The second-order valence-corrected chi connectivity index (χ2v) is 5.71. The number of benzene rings is 2.